The summed E-state index contributed by atoms with van der Waals surface area (Å²) in [6.07, 6.45) is -1.37. The molecule has 13 heteroatoms. The number of hydrogen-bond acceptors (Lipinski definition) is 10. The molecule has 4 N–H and O–H groups in total. The molecule has 12 nitrogen and oxygen atoms in total. The topological polar surface area (TPSA) is 164 Å². The molecule has 1 aromatic heterocycles. The smallest absolute Gasteiger partial charge is 0.459 e. The number of ether oxygens (including phenoxy) is 2. The molecule has 2 heterocycles. The molecule has 1 aliphatic rings. The number of carbonyl (C=O) groups excluding carboxylic acids is 1. The number of nitrogen functional groups attached to an aromatic ring is 1. The van der Waals surface area contributed by atoms with Crippen LogP contribution in [0.15, 0.2) is 77.7 Å². The number of hydrogen-bond donors (Lipinski definition) is 3. The molecule has 3 aromatic rings. The van der Waals surface area contributed by atoms with Crippen LogP contribution in [0, 0.1) is 0 Å². The molecule has 0 aliphatic carbocycles. The molecule has 1 unspecified atom stereocenters. The molecular weight excluding hydrogens is 515 g/mol. The number of nitrogens with zero attached hydrogens (tertiary/aromatic N) is 2. The SMILES string of the molecule is C[C@H](NP(=O)(OC[C@@H]1C[C@@H](O)[C@H](n2ccc(N)nc2=O)O1)Oc1ccccc1)C(=O)OCc1ccccc1. The number of aliphatic hydroxyl groups excluding tert-OH is 1. The Bertz CT molecular complexity index is 1320. The summed E-state index contributed by atoms with van der Waals surface area (Å²) in [4.78, 5) is 28.4. The zero-order chi connectivity index (χ0) is 27.1. The summed E-state index contributed by atoms with van der Waals surface area (Å²) in [7, 11) is -4.14. The molecule has 4 rings (SSSR count). The van der Waals surface area contributed by atoms with Crippen molar-refractivity contribution < 1.29 is 33.0 Å². The number of esters is 1. The highest BCUT2D eigenvalue weighted by atomic mass is 31.2. The minimum atomic E-state index is -4.14. The number of carbonyl (C=O) groups is 1. The van der Waals surface area contributed by atoms with E-state index in [1.165, 1.54) is 19.2 Å². The van der Waals surface area contributed by atoms with Gasteiger partial charge in [0.2, 0.25) is 0 Å². The molecule has 0 bridgehead atoms. The summed E-state index contributed by atoms with van der Waals surface area (Å²) in [5.74, 6) is -0.366. The van der Waals surface area contributed by atoms with Crippen LogP contribution in [-0.4, -0.2) is 45.5 Å². The normalized spacial score (nSPS) is 21.4. The Kier molecular flexibility index (Phi) is 8.93. The van der Waals surface area contributed by atoms with Crippen LogP contribution in [0.2, 0.25) is 0 Å². The Balaban J connectivity index is 1.41. The highest BCUT2D eigenvalue weighted by molar-refractivity contribution is 7.52. The minimum absolute atomic E-state index is 0.0418. The first kappa shape index (κ1) is 27.5. The molecule has 202 valence electrons. The van der Waals surface area contributed by atoms with E-state index in [9.17, 15) is 19.3 Å². The standard InChI is InChI=1S/C25H29N4O8P/c1-17(24(31)34-15-18-8-4-2-5-9-18)28-38(33,37-19-10-6-3-7-11-19)35-16-20-14-21(30)23(36-20)29-13-12-22(26)27-25(29)32/h2-13,17,20-21,23,30H,14-16H2,1H3,(H,28,33)(H2,26,27,32)/t17-,20-,21+,23+,38?/m0/s1. The van der Waals surface area contributed by atoms with E-state index in [2.05, 4.69) is 10.1 Å². The third-order valence-electron chi connectivity index (χ3n) is 5.62. The number of aromatic nitrogens is 2. The van der Waals surface area contributed by atoms with E-state index in [-0.39, 0.29) is 31.2 Å². The molecule has 5 atom stereocenters. The monoisotopic (exact) mass is 544 g/mol. The van der Waals surface area contributed by atoms with Gasteiger partial charge in [-0.1, -0.05) is 48.5 Å². The number of rotatable bonds is 11. The van der Waals surface area contributed by atoms with Gasteiger partial charge in [0.1, 0.15) is 30.3 Å². The lowest BCUT2D eigenvalue weighted by atomic mass is 10.2. The van der Waals surface area contributed by atoms with Crippen LogP contribution in [0.1, 0.15) is 25.1 Å². The molecule has 0 amide bonds. The molecular formula is C25H29N4O8P. The third-order valence-corrected chi connectivity index (χ3v) is 7.26. The van der Waals surface area contributed by atoms with Gasteiger partial charge in [0.25, 0.3) is 0 Å². The van der Waals surface area contributed by atoms with Gasteiger partial charge in [0.05, 0.1) is 12.7 Å². The zero-order valence-corrected chi connectivity index (χ0v) is 21.5. The van der Waals surface area contributed by atoms with Crippen LogP contribution in [0.3, 0.4) is 0 Å². The lowest BCUT2D eigenvalue weighted by molar-refractivity contribution is -0.146. The van der Waals surface area contributed by atoms with E-state index < -0.39 is 43.9 Å². The van der Waals surface area contributed by atoms with Gasteiger partial charge in [-0.25, -0.2) is 9.36 Å². The van der Waals surface area contributed by atoms with Gasteiger partial charge in [-0.15, -0.1) is 0 Å². The first-order chi connectivity index (χ1) is 18.2. The van der Waals surface area contributed by atoms with E-state index in [1.807, 2.05) is 30.3 Å². The summed E-state index contributed by atoms with van der Waals surface area (Å²) in [6.45, 7) is 1.25. The van der Waals surface area contributed by atoms with Crippen LogP contribution in [0.5, 0.6) is 5.75 Å². The zero-order valence-electron chi connectivity index (χ0n) is 20.6. The van der Waals surface area contributed by atoms with Gasteiger partial charge in [-0.3, -0.25) is 13.9 Å². The van der Waals surface area contributed by atoms with Crippen LogP contribution in [0.4, 0.5) is 5.82 Å². The Morgan fingerprint density at radius 3 is 2.58 bits per heavy atom. The van der Waals surface area contributed by atoms with E-state index in [0.29, 0.717) is 0 Å². The average molecular weight is 545 g/mol. The summed E-state index contributed by atoms with van der Waals surface area (Å²) >= 11 is 0. The van der Waals surface area contributed by atoms with Crippen molar-refractivity contribution >= 4 is 19.5 Å². The fraction of sp³-hybridized carbons (Fsp3) is 0.320. The first-order valence-corrected chi connectivity index (χ1v) is 13.4. The van der Waals surface area contributed by atoms with Crippen LogP contribution < -0.4 is 21.0 Å². The lowest BCUT2D eigenvalue weighted by Gasteiger charge is -2.24. The van der Waals surface area contributed by atoms with Gasteiger partial charge >= 0.3 is 19.4 Å². The van der Waals surface area contributed by atoms with E-state index >= 15 is 0 Å². The van der Waals surface area contributed by atoms with Gasteiger partial charge in [0.15, 0.2) is 6.23 Å². The van der Waals surface area contributed by atoms with Crippen LogP contribution in [-0.2, 0) is 30.0 Å². The number of nitrogens with one attached hydrogen (secondary N) is 1. The van der Waals surface area contributed by atoms with Gasteiger partial charge in [-0.05, 0) is 30.7 Å². The van der Waals surface area contributed by atoms with Crippen molar-refractivity contribution in [2.45, 2.75) is 44.4 Å². The molecule has 1 aliphatic heterocycles. The summed E-state index contributed by atoms with van der Waals surface area (Å²) in [6, 6.07) is 17.8. The maximum absolute atomic E-state index is 13.7. The largest absolute Gasteiger partial charge is 0.460 e. The number of nitrogens with two attached hydrogens (primary N) is 1. The van der Waals surface area contributed by atoms with E-state index in [4.69, 9.17) is 24.3 Å². The molecule has 2 aromatic carbocycles. The summed E-state index contributed by atoms with van der Waals surface area (Å²) < 4.78 is 37.2. The van der Waals surface area contributed by atoms with E-state index in [0.717, 1.165) is 10.1 Å². The Morgan fingerprint density at radius 1 is 1.21 bits per heavy atom. The first-order valence-electron chi connectivity index (χ1n) is 11.9. The molecule has 1 fully saturated rings. The van der Waals surface area contributed by atoms with Crippen molar-refractivity contribution in [3.05, 3.63) is 89.0 Å². The number of aliphatic hydroxyl groups is 1. The predicted molar refractivity (Wildman–Crippen MR) is 137 cm³/mol. The van der Waals surface area contributed by atoms with Gasteiger partial charge in [-0.2, -0.15) is 10.1 Å². The van der Waals surface area contributed by atoms with Gasteiger partial charge < -0.3 is 24.8 Å². The summed E-state index contributed by atoms with van der Waals surface area (Å²) in [5.41, 5.74) is 5.64. The maximum atomic E-state index is 13.7. The van der Waals surface area contributed by atoms with Crippen molar-refractivity contribution in [3.8, 4) is 5.75 Å². The predicted octanol–water partition coefficient (Wildman–Crippen LogP) is 2.40. The van der Waals surface area contributed by atoms with Gasteiger partial charge in [0, 0.05) is 12.6 Å². The minimum Gasteiger partial charge on any atom is -0.460 e. The number of anilines is 1. The van der Waals surface area contributed by atoms with Crippen molar-refractivity contribution in [1.29, 1.82) is 0 Å². The molecule has 1 saturated heterocycles. The van der Waals surface area contributed by atoms with E-state index in [1.54, 1.807) is 30.3 Å². The second-order valence-corrected chi connectivity index (χ2v) is 10.3. The molecule has 38 heavy (non-hydrogen) atoms. The van der Waals surface area contributed by atoms with Crippen LogP contribution >= 0.6 is 7.75 Å². The van der Waals surface area contributed by atoms with Crippen molar-refractivity contribution in [2.75, 3.05) is 12.3 Å². The van der Waals surface area contributed by atoms with Crippen molar-refractivity contribution in [3.63, 3.8) is 0 Å². The van der Waals surface area contributed by atoms with Crippen molar-refractivity contribution in [1.82, 2.24) is 14.6 Å². The van der Waals surface area contributed by atoms with Crippen molar-refractivity contribution in [2.24, 2.45) is 0 Å². The molecule has 0 radical (unpaired) electrons. The number of para-hydroxylation sites is 1. The highest BCUT2D eigenvalue weighted by Gasteiger charge is 2.39. The Morgan fingerprint density at radius 2 is 1.89 bits per heavy atom. The Labute approximate surface area is 218 Å². The lowest BCUT2D eigenvalue weighted by Crippen LogP contribution is -2.35. The summed E-state index contributed by atoms with van der Waals surface area (Å²) in [5, 5.41) is 13.1. The second-order valence-electron chi connectivity index (χ2n) is 8.64. The molecule has 0 spiro atoms. The quantitative estimate of drug-likeness (QED) is 0.240. The highest BCUT2D eigenvalue weighted by Crippen LogP contribution is 2.46. The second kappa shape index (κ2) is 12.3. The Hall–Kier alpha value is -3.54. The fourth-order valence-electron chi connectivity index (χ4n) is 3.74. The third kappa shape index (κ3) is 7.27. The molecule has 0 saturated carbocycles. The van der Waals surface area contributed by atoms with Crippen LogP contribution in [0.25, 0.3) is 0 Å². The maximum Gasteiger partial charge on any atom is 0.459 e. The fourth-order valence-corrected chi connectivity index (χ4v) is 5.26. The number of benzene rings is 2. The average Bonchev–Trinajstić information content (AvgIpc) is 3.27.